The van der Waals surface area contributed by atoms with Gasteiger partial charge in [0, 0.05) is 0 Å². The predicted octanol–water partition coefficient (Wildman–Crippen LogP) is 5.34. The first-order valence-electron chi connectivity index (χ1n) is 6.13. The van der Waals surface area contributed by atoms with E-state index in [1.165, 1.54) is 22.3 Å². The molecule has 0 aliphatic heterocycles. The Morgan fingerprint density at radius 3 is 2.22 bits per heavy atom. The molecule has 0 heterocycles. The van der Waals surface area contributed by atoms with Crippen molar-refractivity contribution in [1.29, 1.82) is 0 Å². The third-order valence-corrected chi connectivity index (χ3v) is 3.34. The third-order valence-electron chi connectivity index (χ3n) is 3.34. The fourth-order valence-electron chi connectivity index (χ4n) is 1.74. The molecule has 0 N–H and O–H groups in total. The molecule has 0 radical (unpaired) electrons. The molecule has 0 aliphatic carbocycles. The second-order valence-electron chi connectivity index (χ2n) is 4.69. The van der Waals surface area contributed by atoms with E-state index in [-0.39, 0.29) is 0 Å². The molecular formula is C16H18N2. The predicted molar refractivity (Wildman–Crippen MR) is 76.0 cm³/mol. The number of nitrogens with zero attached hydrogens (tertiary/aromatic N) is 2. The second kappa shape index (κ2) is 5.13. The Morgan fingerprint density at radius 2 is 1.50 bits per heavy atom. The van der Waals surface area contributed by atoms with E-state index >= 15 is 0 Å². The maximum Gasteiger partial charge on any atom is 0.0888 e. The summed E-state index contributed by atoms with van der Waals surface area (Å²) in [5.41, 5.74) is 6.79. The van der Waals surface area contributed by atoms with Crippen LogP contribution in [-0.4, -0.2) is 0 Å². The van der Waals surface area contributed by atoms with Crippen molar-refractivity contribution in [3.05, 3.63) is 58.7 Å². The summed E-state index contributed by atoms with van der Waals surface area (Å²) >= 11 is 0. The van der Waals surface area contributed by atoms with Crippen molar-refractivity contribution in [2.24, 2.45) is 10.2 Å². The molecule has 0 amide bonds. The molecule has 2 aromatic rings. The van der Waals surface area contributed by atoms with Crippen LogP contribution in [0.1, 0.15) is 22.3 Å². The number of rotatable bonds is 2. The zero-order chi connectivity index (χ0) is 13.1. The number of aryl methyl sites for hydroxylation is 3. The summed E-state index contributed by atoms with van der Waals surface area (Å²) < 4.78 is 0. The summed E-state index contributed by atoms with van der Waals surface area (Å²) in [5, 5.41) is 8.64. The minimum atomic E-state index is 0.902. The van der Waals surface area contributed by atoms with Crippen LogP contribution in [0.3, 0.4) is 0 Å². The monoisotopic (exact) mass is 238 g/mol. The molecule has 0 saturated carbocycles. The lowest BCUT2D eigenvalue weighted by molar-refractivity contribution is 1.18. The molecule has 2 aromatic carbocycles. The first-order chi connectivity index (χ1) is 8.58. The van der Waals surface area contributed by atoms with Crippen molar-refractivity contribution in [3.63, 3.8) is 0 Å². The molecular weight excluding hydrogens is 220 g/mol. The average molecular weight is 238 g/mol. The Bertz CT molecular complexity index is 598. The van der Waals surface area contributed by atoms with E-state index in [4.69, 9.17) is 0 Å². The molecule has 0 fully saturated rings. The zero-order valence-electron chi connectivity index (χ0n) is 11.4. The normalized spacial score (nSPS) is 11.1. The van der Waals surface area contributed by atoms with Crippen LogP contribution in [0.15, 0.2) is 46.6 Å². The lowest BCUT2D eigenvalue weighted by atomic mass is 10.1. The van der Waals surface area contributed by atoms with E-state index in [0.717, 1.165) is 11.4 Å². The lowest BCUT2D eigenvalue weighted by Crippen LogP contribution is -1.80. The van der Waals surface area contributed by atoms with Crippen molar-refractivity contribution in [1.82, 2.24) is 0 Å². The van der Waals surface area contributed by atoms with Gasteiger partial charge >= 0.3 is 0 Å². The van der Waals surface area contributed by atoms with Gasteiger partial charge in [-0.15, -0.1) is 0 Å². The minimum Gasteiger partial charge on any atom is -0.151 e. The Kier molecular flexibility index (Phi) is 3.56. The van der Waals surface area contributed by atoms with Gasteiger partial charge in [-0.05, 0) is 68.1 Å². The maximum absolute atomic E-state index is 4.33. The smallest absolute Gasteiger partial charge is 0.0888 e. The first-order valence-corrected chi connectivity index (χ1v) is 6.13. The quantitative estimate of drug-likeness (QED) is 0.631. The third kappa shape index (κ3) is 2.65. The summed E-state index contributed by atoms with van der Waals surface area (Å²) in [4.78, 5) is 0. The zero-order valence-corrected chi connectivity index (χ0v) is 11.4. The topological polar surface area (TPSA) is 24.7 Å². The fraction of sp³-hybridized carbons (Fsp3) is 0.250. The molecule has 2 rings (SSSR count). The van der Waals surface area contributed by atoms with E-state index in [0.29, 0.717) is 0 Å². The number of azo groups is 1. The van der Waals surface area contributed by atoms with Crippen LogP contribution in [0.5, 0.6) is 0 Å². The highest BCUT2D eigenvalue weighted by atomic mass is 15.1. The Hall–Kier alpha value is -1.96. The van der Waals surface area contributed by atoms with Gasteiger partial charge in [0.1, 0.15) is 0 Å². The standard InChI is InChI=1S/C16H18N2/c1-11-8-9-15(10-13(11)3)17-18-16-7-5-6-12(2)14(16)4/h5-10H,1-4H3. The molecule has 92 valence electrons. The van der Waals surface area contributed by atoms with Crippen molar-refractivity contribution < 1.29 is 0 Å². The van der Waals surface area contributed by atoms with E-state index in [9.17, 15) is 0 Å². The van der Waals surface area contributed by atoms with Crippen LogP contribution >= 0.6 is 0 Å². The van der Waals surface area contributed by atoms with E-state index in [1.807, 2.05) is 18.2 Å². The number of hydrogen-bond acceptors (Lipinski definition) is 2. The van der Waals surface area contributed by atoms with Gasteiger partial charge in [-0.2, -0.15) is 10.2 Å². The van der Waals surface area contributed by atoms with Crippen molar-refractivity contribution in [2.45, 2.75) is 27.7 Å². The van der Waals surface area contributed by atoms with Gasteiger partial charge in [-0.1, -0.05) is 18.2 Å². The Morgan fingerprint density at radius 1 is 0.722 bits per heavy atom. The van der Waals surface area contributed by atoms with Crippen molar-refractivity contribution in [2.75, 3.05) is 0 Å². The molecule has 0 atom stereocenters. The van der Waals surface area contributed by atoms with E-state index in [2.05, 4.69) is 56.1 Å². The highest BCUT2D eigenvalue weighted by Crippen LogP contribution is 2.24. The average Bonchev–Trinajstić information content (AvgIpc) is 2.35. The molecule has 0 unspecified atom stereocenters. The SMILES string of the molecule is Cc1ccc(N=Nc2cccc(C)c2C)cc1C. The van der Waals surface area contributed by atoms with Gasteiger partial charge in [0.05, 0.1) is 11.4 Å². The molecule has 0 saturated heterocycles. The van der Waals surface area contributed by atoms with Crippen LogP contribution in [0.25, 0.3) is 0 Å². The van der Waals surface area contributed by atoms with Crippen LogP contribution in [0.2, 0.25) is 0 Å². The van der Waals surface area contributed by atoms with Gasteiger partial charge < -0.3 is 0 Å². The first kappa shape index (κ1) is 12.5. The van der Waals surface area contributed by atoms with Crippen LogP contribution in [0, 0.1) is 27.7 Å². The molecule has 2 nitrogen and oxygen atoms in total. The van der Waals surface area contributed by atoms with Crippen LogP contribution in [-0.2, 0) is 0 Å². The van der Waals surface area contributed by atoms with Crippen LogP contribution < -0.4 is 0 Å². The summed E-state index contributed by atoms with van der Waals surface area (Å²) in [6.45, 7) is 8.35. The maximum atomic E-state index is 4.33. The minimum absolute atomic E-state index is 0.902. The lowest BCUT2D eigenvalue weighted by Gasteiger charge is -2.03. The fourth-order valence-corrected chi connectivity index (χ4v) is 1.74. The Labute approximate surface area is 108 Å². The van der Waals surface area contributed by atoms with Gasteiger partial charge in [-0.25, -0.2) is 0 Å². The second-order valence-corrected chi connectivity index (χ2v) is 4.69. The van der Waals surface area contributed by atoms with Gasteiger partial charge in [0.2, 0.25) is 0 Å². The van der Waals surface area contributed by atoms with Gasteiger partial charge in [0.15, 0.2) is 0 Å². The number of hydrogen-bond donors (Lipinski definition) is 0. The summed E-state index contributed by atoms with van der Waals surface area (Å²) in [7, 11) is 0. The highest BCUT2D eigenvalue weighted by Gasteiger charge is 1.99. The number of benzene rings is 2. The van der Waals surface area contributed by atoms with Crippen molar-refractivity contribution >= 4 is 11.4 Å². The van der Waals surface area contributed by atoms with Crippen molar-refractivity contribution in [3.8, 4) is 0 Å². The molecule has 0 bridgehead atoms. The summed E-state index contributed by atoms with van der Waals surface area (Å²) in [6, 6.07) is 12.2. The van der Waals surface area contributed by atoms with Gasteiger partial charge in [-0.3, -0.25) is 0 Å². The van der Waals surface area contributed by atoms with Gasteiger partial charge in [0.25, 0.3) is 0 Å². The molecule has 0 spiro atoms. The summed E-state index contributed by atoms with van der Waals surface area (Å²) in [5.74, 6) is 0. The molecule has 0 aliphatic rings. The Balaban J connectivity index is 2.30. The highest BCUT2D eigenvalue weighted by molar-refractivity contribution is 5.49. The van der Waals surface area contributed by atoms with E-state index < -0.39 is 0 Å². The van der Waals surface area contributed by atoms with Crippen LogP contribution in [0.4, 0.5) is 11.4 Å². The summed E-state index contributed by atoms with van der Waals surface area (Å²) in [6.07, 6.45) is 0. The molecule has 2 heteroatoms. The largest absolute Gasteiger partial charge is 0.151 e. The molecule has 0 aromatic heterocycles. The van der Waals surface area contributed by atoms with E-state index in [1.54, 1.807) is 0 Å². The molecule has 18 heavy (non-hydrogen) atoms.